The number of rotatable bonds is 1. The van der Waals surface area contributed by atoms with Gasteiger partial charge in [0.2, 0.25) is 11.8 Å². The van der Waals surface area contributed by atoms with Crippen LogP contribution in [-0.2, 0) is 0 Å². The van der Waals surface area contributed by atoms with Crippen LogP contribution in [0.1, 0.15) is 13.8 Å². The first kappa shape index (κ1) is 9.88. The molecular weight excluding hydrogens is 145 g/mol. The topological polar surface area (TPSA) is 22.1 Å². The molecule has 0 radical (unpaired) electrons. The Morgan fingerprint density at radius 2 is 2.00 bits per heavy atom. The largest absolute Gasteiger partial charge is 0.481 e. The normalized spacial score (nSPS) is 8.00. The van der Waals surface area contributed by atoms with Crippen molar-refractivity contribution in [2.45, 2.75) is 13.8 Å². The van der Waals surface area contributed by atoms with E-state index < -0.39 is 5.95 Å². The summed E-state index contributed by atoms with van der Waals surface area (Å²) in [6.45, 7) is 4.00. The van der Waals surface area contributed by atoms with Crippen molar-refractivity contribution in [3.63, 3.8) is 0 Å². The van der Waals surface area contributed by atoms with Crippen LogP contribution < -0.4 is 4.74 Å². The first-order chi connectivity index (χ1) is 5.33. The molecule has 0 aliphatic heterocycles. The maximum absolute atomic E-state index is 12.2. The Hall–Kier alpha value is -1.12. The lowest BCUT2D eigenvalue weighted by Crippen LogP contribution is -1.88. The zero-order chi connectivity index (χ0) is 8.69. The molecule has 3 heteroatoms. The van der Waals surface area contributed by atoms with Gasteiger partial charge in [-0.05, 0) is 6.07 Å². The Morgan fingerprint density at radius 1 is 1.36 bits per heavy atom. The van der Waals surface area contributed by atoms with Crippen molar-refractivity contribution in [1.29, 1.82) is 0 Å². The van der Waals surface area contributed by atoms with Crippen LogP contribution >= 0.6 is 0 Å². The van der Waals surface area contributed by atoms with E-state index in [1.54, 1.807) is 12.1 Å². The molecule has 0 saturated heterocycles. The molecule has 0 saturated carbocycles. The molecule has 11 heavy (non-hydrogen) atoms. The third kappa shape index (κ3) is 3.55. The van der Waals surface area contributed by atoms with E-state index in [1.165, 1.54) is 13.2 Å². The molecule has 0 atom stereocenters. The van der Waals surface area contributed by atoms with Gasteiger partial charge in [-0.2, -0.15) is 9.37 Å². The third-order valence-corrected chi connectivity index (χ3v) is 0.899. The van der Waals surface area contributed by atoms with Gasteiger partial charge in [0.25, 0.3) is 0 Å². The Balaban J connectivity index is 0.000000461. The minimum absolute atomic E-state index is 0.301. The molecule has 62 valence electrons. The lowest BCUT2D eigenvalue weighted by Gasteiger charge is -1.94. The van der Waals surface area contributed by atoms with E-state index >= 15 is 0 Å². The van der Waals surface area contributed by atoms with Gasteiger partial charge in [0.1, 0.15) is 0 Å². The summed E-state index contributed by atoms with van der Waals surface area (Å²) in [7, 11) is 1.45. The van der Waals surface area contributed by atoms with Gasteiger partial charge >= 0.3 is 0 Å². The first-order valence-corrected chi connectivity index (χ1v) is 3.49. The number of nitrogens with zero attached hydrogens (tertiary/aromatic N) is 1. The molecule has 2 nitrogen and oxygen atoms in total. The number of methoxy groups -OCH3 is 1. The zero-order valence-electron chi connectivity index (χ0n) is 6.97. The molecule has 0 aromatic carbocycles. The van der Waals surface area contributed by atoms with Gasteiger partial charge in [-0.1, -0.05) is 19.9 Å². The number of hydrogen-bond donors (Lipinski definition) is 0. The molecule has 0 aliphatic rings. The maximum atomic E-state index is 12.2. The summed E-state index contributed by atoms with van der Waals surface area (Å²) in [5, 5.41) is 0. The Bertz CT molecular complexity index is 203. The van der Waals surface area contributed by atoms with Crippen molar-refractivity contribution in [3.05, 3.63) is 24.1 Å². The highest BCUT2D eigenvalue weighted by Crippen LogP contribution is 2.03. The highest BCUT2D eigenvalue weighted by Gasteiger charge is 1.91. The van der Waals surface area contributed by atoms with Gasteiger partial charge in [-0.25, -0.2) is 0 Å². The van der Waals surface area contributed by atoms with Crippen molar-refractivity contribution in [2.75, 3.05) is 7.11 Å². The number of halogens is 1. The van der Waals surface area contributed by atoms with Crippen LogP contribution in [0.25, 0.3) is 0 Å². The summed E-state index contributed by atoms with van der Waals surface area (Å²) in [4.78, 5) is 3.40. The molecule has 1 heterocycles. The van der Waals surface area contributed by atoms with Crippen LogP contribution in [0.5, 0.6) is 5.88 Å². The molecule has 1 rings (SSSR count). The van der Waals surface area contributed by atoms with Crippen molar-refractivity contribution in [1.82, 2.24) is 4.98 Å². The summed E-state index contributed by atoms with van der Waals surface area (Å²) in [6.07, 6.45) is 0. The van der Waals surface area contributed by atoms with Gasteiger partial charge in [0, 0.05) is 6.07 Å². The van der Waals surface area contributed by atoms with E-state index in [0.29, 0.717) is 5.88 Å². The predicted molar refractivity (Wildman–Crippen MR) is 42.1 cm³/mol. The van der Waals surface area contributed by atoms with E-state index in [2.05, 4.69) is 9.72 Å². The second kappa shape index (κ2) is 5.65. The highest BCUT2D eigenvalue weighted by atomic mass is 19.1. The average molecular weight is 157 g/mol. The Kier molecular flexibility index (Phi) is 5.07. The second-order valence-electron chi connectivity index (χ2n) is 1.50. The molecule has 0 N–H and O–H groups in total. The molecule has 0 spiro atoms. The predicted octanol–water partition coefficient (Wildman–Crippen LogP) is 2.26. The van der Waals surface area contributed by atoms with E-state index in [0.717, 1.165) is 0 Å². The van der Waals surface area contributed by atoms with Crippen molar-refractivity contribution in [3.8, 4) is 5.88 Å². The minimum Gasteiger partial charge on any atom is -0.481 e. The van der Waals surface area contributed by atoms with Crippen LogP contribution in [0, 0.1) is 5.95 Å². The monoisotopic (exact) mass is 157 g/mol. The summed E-state index contributed by atoms with van der Waals surface area (Å²) >= 11 is 0. The third-order valence-electron chi connectivity index (χ3n) is 0.899. The van der Waals surface area contributed by atoms with Gasteiger partial charge in [0.05, 0.1) is 7.11 Å². The van der Waals surface area contributed by atoms with E-state index in [9.17, 15) is 4.39 Å². The average Bonchev–Trinajstić information content (AvgIpc) is 2.08. The summed E-state index contributed by atoms with van der Waals surface area (Å²) in [5.74, 6) is -0.218. The quantitative estimate of drug-likeness (QED) is 0.583. The fourth-order valence-electron chi connectivity index (χ4n) is 0.503. The standard InChI is InChI=1S/C6H6FNO.C2H6/c1-9-6-4-2-3-5(7)8-6;1-2/h2-4H,1H3;1-2H3. The fourth-order valence-corrected chi connectivity index (χ4v) is 0.503. The number of aromatic nitrogens is 1. The van der Waals surface area contributed by atoms with Crippen molar-refractivity contribution in [2.24, 2.45) is 0 Å². The van der Waals surface area contributed by atoms with Crippen LogP contribution in [-0.4, -0.2) is 12.1 Å². The van der Waals surface area contributed by atoms with E-state index in [1.807, 2.05) is 13.8 Å². The minimum atomic E-state index is -0.519. The van der Waals surface area contributed by atoms with Gasteiger partial charge in [-0.15, -0.1) is 0 Å². The first-order valence-electron chi connectivity index (χ1n) is 3.49. The van der Waals surface area contributed by atoms with Crippen LogP contribution in [0.2, 0.25) is 0 Å². The molecule has 0 amide bonds. The summed E-state index contributed by atoms with van der Waals surface area (Å²) in [6, 6.07) is 4.40. The van der Waals surface area contributed by atoms with Crippen molar-refractivity contribution < 1.29 is 9.13 Å². The molecule has 1 aromatic heterocycles. The molecule has 1 aromatic rings. The lowest BCUT2D eigenvalue weighted by molar-refractivity contribution is 0.387. The van der Waals surface area contributed by atoms with Crippen LogP contribution in [0.3, 0.4) is 0 Å². The molecular formula is C8H12FNO. The fraction of sp³-hybridized carbons (Fsp3) is 0.375. The Morgan fingerprint density at radius 3 is 2.36 bits per heavy atom. The summed E-state index contributed by atoms with van der Waals surface area (Å²) in [5.41, 5.74) is 0. The second-order valence-corrected chi connectivity index (χ2v) is 1.50. The van der Waals surface area contributed by atoms with Crippen LogP contribution in [0.4, 0.5) is 4.39 Å². The Labute approximate surface area is 66.0 Å². The van der Waals surface area contributed by atoms with Gasteiger partial charge in [-0.3, -0.25) is 0 Å². The van der Waals surface area contributed by atoms with E-state index in [-0.39, 0.29) is 0 Å². The molecule has 0 aliphatic carbocycles. The molecule has 0 bridgehead atoms. The smallest absolute Gasteiger partial charge is 0.216 e. The molecule has 0 unspecified atom stereocenters. The van der Waals surface area contributed by atoms with Gasteiger partial charge in [0.15, 0.2) is 0 Å². The van der Waals surface area contributed by atoms with Gasteiger partial charge < -0.3 is 4.74 Å². The van der Waals surface area contributed by atoms with E-state index in [4.69, 9.17) is 0 Å². The number of pyridine rings is 1. The SMILES string of the molecule is CC.COc1cccc(F)n1. The lowest BCUT2D eigenvalue weighted by atomic mass is 10.5. The summed E-state index contributed by atoms with van der Waals surface area (Å²) < 4.78 is 16.8. The van der Waals surface area contributed by atoms with Crippen molar-refractivity contribution >= 4 is 0 Å². The van der Waals surface area contributed by atoms with Crippen LogP contribution in [0.15, 0.2) is 18.2 Å². The maximum Gasteiger partial charge on any atom is 0.216 e. The number of hydrogen-bond acceptors (Lipinski definition) is 2. The highest BCUT2D eigenvalue weighted by molar-refractivity contribution is 5.09. The number of ether oxygens (including phenoxy) is 1. The molecule has 0 fully saturated rings. The zero-order valence-corrected chi connectivity index (χ0v) is 6.97.